The summed E-state index contributed by atoms with van der Waals surface area (Å²) < 4.78 is 0. The van der Waals surface area contributed by atoms with Crippen molar-refractivity contribution in [3.63, 3.8) is 0 Å². The van der Waals surface area contributed by atoms with Crippen molar-refractivity contribution in [3.8, 4) is 0 Å². The zero-order valence-corrected chi connectivity index (χ0v) is 8.86. The molecular weight excluding hydrogens is 188 g/mol. The summed E-state index contributed by atoms with van der Waals surface area (Å²) in [5.74, 6) is 2.69. The molecule has 2 aromatic heterocycles. The molecule has 0 spiro atoms. The van der Waals surface area contributed by atoms with Crippen molar-refractivity contribution in [1.82, 2.24) is 15.2 Å². The second-order valence-electron chi connectivity index (χ2n) is 4.49. The molecule has 1 fully saturated rings. The Morgan fingerprint density at radius 2 is 2.00 bits per heavy atom. The molecule has 0 bridgehead atoms. The maximum atomic E-state index is 5.71. The summed E-state index contributed by atoms with van der Waals surface area (Å²) in [6.07, 6.45) is 0. The Morgan fingerprint density at radius 1 is 1.27 bits per heavy atom. The van der Waals surface area contributed by atoms with E-state index in [1.165, 1.54) is 0 Å². The van der Waals surface area contributed by atoms with Gasteiger partial charge in [0.15, 0.2) is 5.65 Å². The van der Waals surface area contributed by atoms with Gasteiger partial charge in [-0.05, 0) is 24.0 Å². The third-order valence-corrected chi connectivity index (χ3v) is 3.63. The molecule has 0 saturated heterocycles. The molecule has 2 atom stereocenters. The zero-order chi connectivity index (χ0) is 10.6. The standard InChI is InChI=1S/C11H14N4/c1-5-6(2)9(5)8-4-3-7-10(12)14-15-11(7)13-8/h3-6,9H,1-2H3,(H3,12,13,14,15). The molecule has 4 nitrogen and oxygen atoms in total. The average Bonchev–Trinajstić information content (AvgIpc) is 2.67. The van der Waals surface area contributed by atoms with Gasteiger partial charge in [0.1, 0.15) is 5.82 Å². The number of nitrogens with zero attached hydrogens (tertiary/aromatic N) is 2. The van der Waals surface area contributed by atoms with E-state index in [-0.39, 0.29) is 0 Å². The van der Waals surface area contributed by atoms with Crippen molar-refractivity contribution in [2.24, 2.45) is 11.8 Å². The van der Waals surface area contributed by atoms with Gasteiger partial charge in [0, 0.05) is 11.6 Å². The van der Waals surface area contributed by atoms with Crippen molar-refractivity contribution in [1.29, 1.82) is 0 Å². The van der Waals surface area contributed by atoms with Gasteiger partial charge in [0.25, 0.3) is 0 Å². The van der Waals surface area contributed by atoms with E-state index in [4.69, 9.17) is 5.73 Å². The van der Waals surface area contributed by atoms with Crippen LogP contribution in [0.5, 0.6) is 0 Å². The van der Waals surface area contributed by atoms with Crippen LogP contribution in [0.2, 0.25) is 0 Å². The first kappa shape index (κ1) is 8.71. The summed E-state index contributed by atoms with van der Waals surface area (Å²) in [7, 11) is 0. The van der Waals surface area contributed by atoms with E-state index in [1.54, 1.807) is 0 Å². The number of H-pyrrole nitrogens is 1. The minimum Gasteiger partial charge on any atom is -0.384 e. The van der Waals surface area contributed by atoms with E-state index < -0.39 is 0 Å². The number of hydrogen-bond acceptors (Lipinski definition) is 3. The quantitative estimate of drug-likeness (QED) is 0.742. The fourth-order valence-corrected chi connectivity index (χ4v) is 2.32. The fraction of sp³-hybridized carbons (Fsp3) is 0.455. The van der Waals surface area contributed by atoms with Crippen molar-refractivity contribution in [2.45, 2.75) is 19.8 Å². The molecule has 2 unspecified atom stereocenters. The monoisotopic (exact) mass is 202 g/mol. The molecule has 3 rings (SSSR count). The highest BCUT2D eigenvalue weighted by atomic mass is 15.2. The Hall–Kier alpha value is -1.58. The van der Waals surface area contributed by atoms with Crippen LogP contribution in [0.1, 0.15) is 25.5 Å². The van der Waals surface area contributed by atoms with Gasteiger partial charge in [0.05, 0.1) is 5.39 Å². The first-order chi connectivity index (χ1) is 7.18. The predicted octanol–water partition coefficient (Wildman–Crippen LogP) is 1.91. The molecule has 2 aromatic rings. The van der Waals surface area contributed by atoms with Crippen LogP contribution in [0.25, 0.3) is 11.0 Å². The van der Waals surface area contributed by atoms with Gasteiger partial charge in [-0.25, -0.2) is 4.98 Å². The summed E-state index contributed by atoms with van der Waals surface area (Å²) in [5.41, 5.74) is 7.59. The van der Waals surface area contributed by atoms with Crippen LogP contribution in [0.15, 0.2) is 12.1 Å². The van der Waals surface area contributed by atoms with Crippen LogP contribution < -0.4 is 5.73 Å². The highest BCUT2D eigenvalue weighted by Gasteiger charge is 2.44. The molecule has 0 radical (unpaired) electrons. The van der Waals surface area contributed by atoms with Gasteiger partial charge in [-0.3, -0.25) is 5.10 Å². The van der Waals surface area contributed by atoms with Crippen LogP contribution >= 0.6 is 0 Å². The molecule has 78 valence electrons. The number of fused-ring (bicyclic) bond motifs is 1. The largest absolute Gasteiger partial charge is 0.384 e. The van der Waals surface area contributed by atoms with E-state index in [0.29, 0.717) is 11.7 Å². The lowest BCUT2D eigenvalue weighted by molar-refractivity contribution is 0.834. The van der Waals surface area contributed by atoms with Crippen LogP contribution in [-0.4, -0.2) is 15.2 Å². The minimum atomic E-state index is 0.598. The van der Waals surface area contributed by atoms with Gasteiger partial charge >= 0.3 is 0 Å². The molecule has 1 aliphatic rings. The molecule has 1 aliphatic carbocycles. The number of pyridine rings is 1. The minimum absolute atomic E-state index is 0.598. The van der Waals surface area contributed by atoms with Crippen LogP contribution in [0.4, 0.5) is 5.82 Å². The number of aromatic amines is 1. The number of rotatable bonds is 1. The lowest BCUT2D eigenvalue weighted by Gasteiger charge is -1.97. The third-order valence-electron chi connectivity index (χ3n) is 3.63. The lowest BCUT2D eigenvalue weighted by atomic mass is 10.2. The van der Waals surface area contributed by atoms with Gasteiger partial charge < -0.3 is 5.73 Å². The van der Waals surface area contributed by atoms with E-state index in [0.717, 1.165) is 28.6 Å². The highest BCUT2D eigenvalue weighted by molar-refractivity contribution is 5.85. The average molecular weight is 202 g/mol. The Bertz CT molecular complexity index is 508. The zero-order valence-electron chi connectivity index (χ0n) is 8.86. The molecule has 15 heavy (non-hydrogen) atoms. The summed E-state index contributed by atoms with van der Waals surface area (Å²) in [6, 6.07) is 4.08. The van der Waals surface area contributed by atoms with Gasteiger partial charge in [0.2, 0.25) is 0 Å². The maximum Gasteiger partial charge on any atom is 0.183 e. The Morgan fingerprint density at radius 3 is 2.67 bits per heavy atom. The van der Waals surface area contributed by atoms with E-state index in [9.17, 15) is 0 Å². The number of nitrogens with two attached hydrogens (primary N) is 1. The second-order valence-corrected chi connectivity index (χ2v) is 4.49. The first-order valence-electron chi connectivity index (χ1n) is 5.29. The van der Waals surface area contributed by atoms with E-state index in [1.807, 2.05) is 6.07 Å². The summed E-state index contributed by atoms with van der Waals surface area (Å²) in [5, 5.41) is 7.75. The van der Waals surface area contributed by atoms with Gasteiger partial charge in [-0.2, -0.15) is 5.10 Å². The summed E-state index contributed by atoms with van der Waals surface area (Å²) in [6.45, 7) is 4.53. The maximum absolute atomic E-state index is 5.71. The predicted molar refractivity (Wildman–Crippen MR) is 59.4 cm³/mol. The van der Waals surface area contributed by atoms with Crippen molar-refractivity contribution < 1.29 is 0 Å². The van der Waals surface area contributed by atoms with Gasteiger partial charge in [-0.1, -0.05) is 13.8 Å². The molecule has 0 amide bonds. The Balaban J connectivity index is 2.08. The Labute approximate surface area is 87.9 Å². The lowest BCUT2D eigenvalue weighted by Crippen LogP contribution is -1.89. The van der Waals surface area contributed by atoms with Gasteiger partial charge in [-0.15, -0.1) is 0 Å². The highest BCUT2D eigenvalue weighted by Crippen LogP contribution is 2.52. The van der Waals surface area contributed by atoms with Crippen LogP contribution in [0, 0.1) is 11.8 Å². The molecule has 1 saturated carbocycles. The van der Waals surface area contributed by atoms with E-state index >= 15 is 0 Å². The number of hydrogen-bond donors (Lipinski definition) is 2. The number of anilines is 1. The molecule has 0 aromatic carbocycles. The number of nitrogen functional groups attached to an aromatic ring is 1. The first-order valence-corrected chi connectivity index (χ1v) is 5.29. The van der Waals surface area contributed by atoms with E-state index in [2.05, 4.69) is 35.1 Å². The van der Waals surface area contributed by atoms with Crippen LogP contribution in [0.3, 0.4) is 0 Å². The molecule has 2 heterocycles. The molecule has 0 aliphatic heterocycles. The number of aromatic nitrogens is 3. The fourth-order valence-electron chi connectivity index (χ4n) is 2.32. The van der Waals surface area contributed by atoms with Crippen LogP contribution in [-0.2, 0) is 0 Å². The molecular formula is C11H14N4. The summed E-state index contributed by atoms with van der Waals surface area (Å²) >= 11 is 0. The number of nitrogens with one attached hydrogen (secondary N) is 1. The molecule has 4 heteroatoms. The normalized spacial score (nSPS) is 29.6. The van der Waals surface area contributed by atoms with Crippen molar-refractivity contribution >= 4 is 16.9 Å². The van der Waals surface area contributed by atoms with Crippen molar-refractivity contribution in [3.05, 3.63) is 17.8 Å². The SMILES string of the molecule is CC1C(C)C1c1ccc2c(N)[nH]nc2n1. The third kappa shape index (κ3) is 1.14. The smallest absolute Gasteiger partial charge is 0.183 e. The summed E-state index contributed by atoms with van der Waals surface area (Å²) in [4.78, 5) is 4.54. The topological polar surface area (TPSA) is 67.6 Å². The Kier molecular flexibility index (Phi) is 1.58. The van der Waals surface area contributed by atoms with Crippen molar-refractivity contribution in [2.75, 3.05) is 5.73 Å². The second kappa shape index (κ2) is 2.72. The molecule has 3 N–H and O–H groups in total.